The molecule has 0 bridgehead atoms. The first kappa shape index (κ1) is 16.4. The molecule has 1 amide bonds. The molecule has 0 spiro atoms. The minimum atomic E-state index is 0.152. The van der Waals surface area contributed by atoms with Crippen molar-refractivity contribution in [1.29, 1.82) is 0 Å². The number of carbonyl (C=O) groups is 1. The van der Waals surface area contributed by atoms with Gasteiger partial charge in [0.25, 0.3) is 0 Å². The van der Waals surface area contributed by atoms with Crippen molar-refractivity contribution in [3.05, 3.63) is 0 Å². The van der Waals surface area contributed by atoms with E-state index < -0.39 is 0 Å². The van der Waals surface area contributed by atoms with E-state index in [9.17, 15) is 4.79 Å². The van der Waals surface area contributed by atoms with Crippen LogP contribution >= 0.6 is 0 Å². The molecule has 0 aromatic heterocycles. The molecule has 0 aliphatic carbocycles. The Balaban J connectivity index is 2.10. The molecule has 1 heterocycles. The predicted molar refractivity (Wildman–Crippen MR) is 78.1 cm³/mol. The van der Waals surface area contributed by atoms with Crippen LogP contribution in [0.15, 0.2) is 0 Å². The van der Waals surface area contributed by atoms with Crippen molar-refractivity contribution in [2.24, 2.45) is 5.92 Å². The highest BCUT2D eigenvalue weighted by atomic mass is 16.5. The lowest BCUT2D eigenvalue weighted by Gasteiger charge is -2.17. The van der Waals surface area contributed by atoms with Crippen molar-refractivity contribution in [1.82, 2.24) is 10.2 Å². The molecule has 1 aliphatic rings. The molecule has 1 unspecified atom stereocenters. The van der Waals surface area contributed by atoms with Gasteiger partial charge in [-0.2, -0.15) is 0 Å². The third kappa shape index (κ3) is 7.53. The van der Waals surface area contributed by atoms with Crippen LogP contribution in [0.4, 0.5) is 0 Å². The fraction of sp³-hybridized carbons (Fsp3) is 0.933. The van der Waals surface area contributed by atoms with E-state index in [0.717, 1.165) is 32.0 Å². The maximum atomic E-state index is 11.7. The summed E-state index contributed by atoms with van der Waals surface area (Å²) in [5.41, 5.74) is 0. The van der Waals surface area contributed by atoms with Gasteiger partial charge in [0.05, 0.1) is 12.6 Å². The summed E-state index contributed by atoms with van der Waals surface area (Å²) in [7, 11) is 0. The smallest absolute Gasteiger partial charge is 0.234 e. The van der Waals surface area contributed by atoms with E-state index in [0.29, 0.717) is 12.6 Å². The molecule has 4 nitrogen and oxygen atoms in total. The molecule has 0 aromatic rings. The fourth-order valence-electron chi connectivity index (χ4n) is 2.55. The molecular weight excluding hydrogens is 240 g/mol. The Morgan fingerprint density at radius 2 is 2.11 bits per heavy atom. The molecule has 1 atom stereocenters. The van der Waals surface area contributed by atoms with Gasteiger partial charge < -0.3 is 10.1 Å². The van der Waals surface area contributed by atoms with E-state index in [2.05, 4.69) is 24.1 Å². The summed E-state index contributed by atoms with van der Waals surface area (Å²) in [4.78, 5) is 13.9. The van der Waals surface area contributed by atoms with Gasteiger partial charge in [0, 0.05) is 19.2 Å². The van der Waals surface area contributed by atoms with Gasteiger partial charge in [-0.1, -0.05) is 0 Å². The van der Waals surface area contributed by atoms with Crippen molar-refractivity contribution >= 4 is 5.91 Å². The van der Waals surface area contributed by atoms with Crippen LogP contribution in [-0.4, -0.2) is 49.2 Å². The molecule has 4 heteroatoms. The lowest BCUT2D eigenvalue weighted by atomic mass is 10.0. The van der Waals surface area contributed by atoms with Crippen LogP contribution in [0.3, 0.4) is 0 Å². The Morgan fingerprint density at radius 3 is 2.74 bits per heavy atom. The summed E-state index contributed by atoms with van der Waals surface area (Å²) >= 11 is 0. The maximum Gasteiger partial charge on any atom is 0.234 e. The molecule has 0 aromatic carbocycles. The van der Waals surface area contributed by atoms with Gasteiger partial charge in [-0.15, -0.1) is 0 Å². The van der Waals surface area contributed by atoms with E-state index >= 15 is 0 Å². The monoisotopic (exact) mass is 270 g/mol. The van der Waals surface area contributed by atoms with E-state index in [-0.39, 0.29) is 11.9 Å². The van der Waals surface area contributed by atoms with Crippen LogP contribution in [0.2, 0.25) is 0 Å². The van der Waals surface area contributed by atoms with Crippen molar-refractivity contribution in [2.45, 2.75) is 59.1 Å². The van der Waals surface area contributed by atoms with E-state index in [1.807, 2.05) is 13.8 Å². The molecule has 0 saturated carbocycles. The Morgan fingerprint density at radius 1 is 1.37 bits per heavy atom. The minimum absolute atomic E-state index is 0.152. The quantitative estimate of drug-likeness (QED) is 0.686. The standard InChI is InChI=1S/C15H30N2O2/c1-12(2)16-15(18)11-17-8-7-14(10-17)6-5-9-19-13(3)4/h12-14H,5-11H2,1-4H3,(H,16,18). The maximum absolute atomic E-state index is 11.7. The predicted octanol–water partition coefficient (Wildman–Crippen LogP) is 2.04. The highest BCUT2D eigenvalue weighted by Crippen LogP contribution is 2.20. The highest BCUT2D eigenvalue weighted by molar-refractivity contribution is 5.78. The van der Waals surface area contributed by atoms with Crippen LogP contribution in [0.1, 0.15) is 47.0 Å². The number of ether oxygens (including phenoxy) is 1. The summed E-state index contributed by atoms with van der Waals surface area (Å²) in [5, 5.41) is 2.95. The second kappa shape index (κ2) is 8.54. The molecular formula is C15H30N2O2. The Labute approximate surface area is 117 Å². The number of hydrogen-bond donors (Lipinski definition) is 1. The molecule has 1 aliphatic heterocycles. The zero-order valence-electron chi connectivity index (χ0n) is 12.9. The zero-order valence-corrected chi connectivity index (χ0v) is 12.9. The lowest BCUT2D eigenvalue weighted by Crippen LogP contribution is -2.39. The van der Waals surface area contributed by atoms with Crippen molar-refractivity contribution in [3.8, 4) is 0 Å². The molecule has 1 N–H and O–H groups in total. The number of amides is 1. The number of likely N-dealkylation sites (tertiary alicyclic amines) is 1. The molecule has 19 heavy (non-hydrogen) atoms. The van der Waals surface area contributed by atoms with Gasteiger partial charge in [-0.05, 0) is 59.4 Å². The van der Waals surface area contributed by atoms with E-state index in [1.54, 1.807) is 0 Å². The topological polar surface area (TPSA) is 41.6 Å². The van der Waals surface area contributed by atoms with Gasteiger partial charge in [0.2, 0.25) is 5.91 Å². The first-order valence-corrected chi connectivity index (χ1v) is 7.60. The first-order valence-electron chi connectivity index (χ1n) is 7.60. The zero-order chi connectivity index (χ0) is 14.3. The second-order valence-corrected chi connectivity index (χ2v) is 6.17. The fourth-order valence-corrected chi connectivity index (χ4v) is 2.55. The van der Waals surface area contributed by atoms with E-state index in [1.165, 1.54) is 12.8 Å². The first-order chi connectivity index (χ1) is 8.97. The average Bonchev–Trinajstić information content (AvgIpc) is 2.70. The van der Waals surface area contributed by atoms with Crippen LogP contribution < -0.4 is 5.32 Å². The van der Waals surface area contributed by atoms with Crippen LogP contribution in [0.5, 0.6) is 0 Å². The number of hydrogen-bond acceptors (Lipinski definition) is 3. The largest absolute Gasteiger partial charge is 0.379 e. The SMILES string of the molecule is CC(C)NC(=O)CN1CCC(CCCOC(C)C)C1. The van der Waals surface area contributed by atoms with Crippen LogP contribution in [-0.2, 0) is 9.53 Å². The van der Waals surface area contributed by atoms with Crippen LogP contribution in [0, 0.1) is 5.92 Å². The summed E-state index contributed by atoms with van der Waals surface area (Å²) in [6.45, 7) is 11.7. The number of carbonyl (C=O) groups excluding carboxylic acids is 1. The number of rotatable bonds is 8. The number of nitrogens with zero attached hydrogens (tertiary/aromatic N) is 1. The highest BCUT2D eigenvalue weighted by Gasteiger charge is 2.23. The molecule has 1 fully saturated rings. The summed E-state index contributed by atoms with van der Waals surface area (Å²) in [6.07, 6.45) is 3.90. The average molecular weight is 270 g/mol. The van der Waals surface area contributed by atoms with Crippen molar-refractivity contribution in [3.63, 3.8) is 0 Å². The van der Waals surface area contributed by atoms with Gasteiger partial charge in [0.1, 0.15) is 0 Å². The molecule has 112 valence electrons. The second-order valence-electron chi connectivity index (χ2n) is 6.17. The lowest BCUT2D eigenvalue weighted by molar-refractivity contribution is -0.122. The van der Waals surface area contributed by atoms with Gasteiger partial charge in [0.15, 0.2) is 0 Å². The van der Waals surface area contributed by atoms with Gasteiger partial charge in [-0.25, -0.2) is 0 Å². The summed E-state index contributed by atoms with van der Waals surface area (Å²) in [6, 6.07) is 0.235. The third-order valence-corrected chi connectivity index (χ3v) is 3.39. The summed E-state index contributed by atoms with van der Waals surface area (Å²) in [5.74, 6) is 0.890. The van der Waals surface area contributed by atoms with Gasteiger partial charge >= 0.3 is 0 Å². The van der Waals surface area contributed by atoms with Gasteiger partial charge in [-0.3, -0.25) is 9.69 Å². The Bertz CT molecular complexity index is 267. The number of nitrogens with one attached hydrogen (secondary N) is 1. The van der Waals surface area contributed by atoms with E-state index in [4.69, 9.17) is 4.74 Å². The normalized spacial score (nSPS) is 20.4. The molecule has 0 radical (unpaired) electrons. The van der Waals surface area contributed by atoms with Crippen LogP contribution in [0.25, 0.3) is 0 Å². The Hall–Kier alpha value is -0.610. The minimum Gasteiger partial charge on any atom is -0.379 e. The summed E-state index contributed by atoms with van der Waals surface area (Å²) < 4.78 is 5.56. The third-order valence-electron chi connectivity index (χ3n) is 3.39. The van der Waals surface area contributed by atoms with Crippen molar-refractivity contribution in [2.75, 3.05) is 26.2 Å². The Kier molecular flexibility index (Phi) is 7.39. The van der Waals surface area contributed by atoms with Crippen molar-refractivity contribution < 1.29 is 9.53 Å². The molecule has 1 saturated heterocycles. The molecule has 1 rings (SSSR count).